The zero-order chi connectivity index (χ0) is 19.4. The van der Waals surface area contributed by atoms with E-state index in [0.717, 1.165) is 42.2 Å². The Kier molecular flexibility index (Phi) is 6.26. The molecule has 3 rings (SSSR count). The molecule has 0 aliphatic carbocycles. The van der Waals surface area contributed by atoms with E-state index in [2.05, 4.69) is 4.98 Å². The fourth-order valence-electron chi connectivity index (χ4n) is 3.33. The molecule has 0 bridgehead atoms. The molecule has 0 radical (unpaired) electrons. The Morgan fingerprint density at radius 1 is 1.11 bits per heavy atom. The van der Waals surface area contributed by atoms with E-state index >= 15 is 0 Å². The Labute approximate surface area is 164 Å². The van der Waals surface area contributed by atoms with Gasteiger partial charge in [0.05, 0.1) is 10.6 Å². The summed E-state index contributed by atoms with van der Waals surface area (Å²) in [5.74, 6) is 0.758. The number of hydrogen-bond donors (Lipinski definition) is 0. The molecule has 1 fully saturated rings. The number of thiazole rings is 1. The zero-order valence-corrected chi connectivity index (χ0v) is 17.0. The third kappa shape index (κ3) is 4.75. The predicted octanol–water partition coefficient (Wildman–Crippen LogP) is 4.49. The van der Waals surface area contributed by atoms with Crippen LogP contribution in [0.5, 0.6) is 5.75 Å². The molecule has 1 aromatic carbocycles. The van der Waals surface area contributed by atoms with Gasteiger partial charge in [0.1, 0.15) is 10.8 Å². The van der Waals surface area contributed by atoms with Gasteiger partial charge in [-0.05, 0) is 51.0 Å². The smallest absolute Gasteiger partial charge is 0.263 e. The number of carbonyl (C=O) groups excluding carboxylic acids is 2. The van der Waals surface area contributed by atoms with Crippen LogP contribution in [0.15, 0.2) is 24.3 Å². The van der Waals surface area contributed by atoms with Gasteiger partial charge in [-0.25, -0.2) is 4.98 Å². The van der Waals surface area contributed by atoms with E-state index in [0.29, 0.717) is 10.6 Å². The molecule has 1 atom stereocenters. The van der Waals surface area contributed by atoms with E-state index in [1.54, 1.807) is 6.92 Å². The first-order chi connectivity index (χ1) is 13.0. The third-order valence-electron chi connectivity index (χ3n) is 4.80. The normalized spacial score (nSPS) is 15.9. The van der Waals surface area contributed by atoms with Crippen molar-refractivity contribution < 1.29 is 14.3 Å². The highest BCUT2D eigenvalue weighted by atomic mass is 32.1. The average molecular weight is 387 g/mol. The lowest BCUT2D eigenvalue weighted by molar-refractivity contribution is -0.137. The Hall–Kier alpha value is -2.21. The van der Waals surface area contributed by atoms with Crippen molar-refractivity contribution in [2.75, 3.05) is 13.1 Å². The van der Waals surface area contributed by atoms with Crippen molar-refractivity contribution in [3.63, 3.8) is 0 Å². The SMILES string of the molecule is CC(=O)c1sc(-c2ccc(OC(C)C(=O)N3CCCCCC3)cc2)nc1C. The highest BCUT2D eigenvalue weighted by molar-refractivity contribution is 7.17. The first kappa shape index (κ1) is 19.5. The van der Waals surface area contributed by atoms with Crippen molar-refractivity contribution in [2.45, 2.75) is 52.6 Å². The number of aromatic nitrogens is 1. The first-order valence-corrected chi connectivity index (χ1v) is 10.3. The molecule has 1 unspecified atom stereocenters. The number of aryl methyl sites for hydroxylation is 1. The summed E-state index contributed by atoms with van der Waals surface area (Å²) >= 11 is 1.40. The van der Waals surface area contributed by atoms with Crippen LogP contribution in [0.2, 0.25) is 0 Å². The van der Waals surface area contributed by atoms with Crippen LogP contribution >= 0.6 is 11.3 Å². The van der Waals surface area contributed by atoms with Crippen molar-refractivity contribution in [3.05, 3.63) is 34.8 Å². The lowest BCUT2D eigenvalue weighted by Gasteiger charge is -2.24. The number of rotatable bonds is 5. The fourth-order valence-corrected chi connectivity index (χ4v) is 4.29. The molecule has 144 valence electrons. The molecule has 0 saturated carbocycles. The molecular weight excluding hydrogens is 360 g/mol. The summed E-state index contributed by atoms with van der Waals surface area (Å²) < 4.78 is 5.87. The Morgan fingerprint density at radius 2 is 1.74 bits per heavy atom. The van der Waals surface area contributed by atoms with Crippen LogP contribution in [0.3, 0.4) is 0 Å². The number of hydrogen-bond acceptors (Lipinski definition) is 5. The molecule has 6 heteroatoms. The Bertz CT molecular complexity index is 805. The third-order valence-corrected chi connectivity index (χ3v) is 6.10. The number of carbonyl (C=O) groups is 2. The van der Waals surface area contributed by atoms with Gasteiger partial charge in [-0.2, -0.15) is 0 Å². The van der Waals surface area contributed by atoms with Gasteiger partial charge in [0, 0.05) is 25.6 Å². The number of likely N-dealkylation sites (tertiary alicyclic amines) is 1. The van der Waals surface area contributed by atoms with Gasteiger partial charge in [0.25, 0.3) is 5.91 Å². The maximum Gasteiger partial charge on any atom is 0.263 e. The van der Waals surface area contributed by atoms with Gasteiger partial charge in [0.15, 0.2) is 11.9 Å². The summed E-state index contributed by atoms with van der Waals surface area (Å²) in [6.07, 6.45) is 4.04. The van der Waals surface area contributed by atoms with Gasteiger partial charge < -0.3 is 9.64 Å². The Balaban J connectivity index is 1.65. The van der Waals surface area contributed by atoms with Crippen LogP contribution < -0.4 is 4.74 Å². The van der Waals surface area contributed by atoms with Gasteiger partial charge >= 0.3 is 0 Å². The molecule has 1 aromatic heterocycles. The van der Waals surface area contributed by atoms with E-state index < -0.39 is 6.10 Å². The molecule has 27 heavy (non-hydrogen) atoms. The number of amides is 1. The van der Waals surface area contributed by atoms with E-state index in [1.807, 2.05) is 43.0 Å². The minimum atomic E-state index is -0.500. The van der Waals surface area contributed by atoms with Crippen molar-refractivity contribution in [2.24, 2.45) is 0 Å². The second kappa shape index (κ2) is 8.65. The highest BCUT2D eigenvalue weighted by Crippen LogP contribution is 2.29. The Morgan fingerprint density at radius 3 is 2.30 bits per heavy atom. The molecule has 1 saturated heterocycles. The quantitative estimate of drug-likeness (QED) is 0.711. The van der Waals surface area contributed by atoms with Crippen LogP contribution in [-0.2, 0) is 4.79 Å². The molecule has 1 aliphatic rings. The summed E-state index contributed by atoms with van der Waals surface area (Å²) in [6, 6.07) is 7.54. The molecule has 5 nitrogen and oxygen atoms in total. The minimum absolute atomic E-state index is 0.0389. The van der Waals surface area contributed by atoms with E-state index in [-0.39, 0.29) is 11.7 Å². The van der Waals surface area contributed by atoms with Crippen LogP contribution in [0.1, 0.15) is 54.9 Å². The molecule has 0 N–H and O–H groups in total. The maximum atomic E-state index is 12.6. The topological polar surface area (TPSA) is 59.5 Å². The van der Waals surface area contributed by atoms with Crippen molar-refractivity contribution in [1.82, 2.24) is 9.88 Å². The number of nitrogens with zero attached hydrogens (tertiary/aromatic N) is 2. The summed E-state index contributed by atoms with van der Waals surface area (Å²) in [4.78, 5) is 31.3. The number of Topliss-reactive ketones (excluding diaryl/α,β-unsaturated/α-hetero) is 1. The van der Waals surface area contributed by atoms with Crippen LogP contribution in [0, 0.1) is 6.92 Å². The minimum Gasteiger partial charge on any atom is -0.481 e. The predicted molar refractivity (Wildman–Crippen MR) is 107 cm³/mol. The first-order valence-electron chi connectivity index (χ1n) is 9.50. The van der Waals surface area contributed by atoms with Gasteiger partial charge in [-0.15, -0.1) is 11.3 Å². The van der Waals surface area contributed by atoms with Gasteiger partial charge in [-0.3, -0.25) is 9.59 Å². The molecule has 2 heterocycles. The standard InChI is InChI=1S/C21H26N2O3S/c1-14-19(15(2)24)27-20(22-14)17-8-10-18(11-9-17)26-16(3)21(25)23-12-6-4-5-7-13-23/h8-11,16H,4-7,12-13H2,1-3H3. The molecule has 1 amide bonds. The van der Waals surface area contributed by atoms with Crippen LogP contribution in [0.25, 0.3) is 10.6 Å². The second-order valence-electron chi connectivity index (χ2n) is 7.01. The van der Waals surface area contributed by atoms with Crippen molar-refractivity contribution in [1.29, 1.82) is 0 Å². The van der Waals surface area contributed by atoms with E-state index in [9.17, 15) is 9.59 Å². The van der Waals surface area contributed by atoms with E-state index in [4.69, 9.17) is 4.74 Å². The largest absolute Gasteiger partial charge is 0.481 e. The zero-order valence-electron chi connectivity index (χ0n) is 16.2. The monoisotopic (exact) mass is 386 g/mol. The highest BCUT2D eigenvalue weighted by Gasteiger charge is 2.23. The summed E-state index contributed by atoms with van der Waals surface area (Å²) in [6.45, 7) is 6.87. The van der Waals surface area contributed by atoms with Crippen LogP contribution in [-0.4, -0.2) is 40.8 Å². The summed E-state index contributed by atoms with van der Waals surface area (Å²) in [7, 11) is 0. The van der Waals surface area contributed by atoms with Gasteiger partial charge in [-0.1, -0.05) is 12.8 Å². The second-order valence-corrected chi connectivity index (χ2v) is 8.01. The summed E-state index contributed by atoms with van der Waals surface area (Å²) in [5.41, 5.74) is 1.70. The summed E-state index contributed by atoms with van der Waals surface area (Å²) in [5, 5.41) is 0.818. The number of ether oxygens (including phenoxy) is 1. The molecule has 0 spiro atoms. The number of benzene rings is 1. The van der Waals surface area contributed by atoms with Crippen molar-refractivity contribution in [3.8, 4) is 16.3 Å². The van der Waals surface area contributed by atoms with E-state index in [1.165, 1.54) is 24.2 Å². The maximum absolute atomic E-state index is 12.6. The fraction of sp³-hybridized carbons (Fsp3) is 0.476. The average Bonchev–Trinajstić information content (AvgIpc) is 2.86. The number of ketones is 1. The van der Waals surface area contributed by atoms with Crippen LogP contribution in [0.4, 0.5) is 0 Å². The molecule has 2 aromatic rings. The lowest BCUT2D eigenvalue weighted by atomic mass is 10.2. The van der Waals surface area contributed by atoms with Crippen molar-refractivity contribution >= 4 is 23.0 Å². The van der Waals surface area contributed by atoms with Gasteiger partial charge in [0.2, 0.25) is 0 Å². The molecule has 1 aliphatic heterocycles. The molecular formula is C21H26N2O3S. The lowest BCUT2D eigenvalue weighted by Crippen LogP contribution is -2.40.